The molecule has 127 valence electrons. The minimum atomic E-state index is -4.71. The number of nitrogens with one attached hydrogen (secondary N) is 1. The van der Waals surface area contributed by atoms with Crippen molar-refractivity contribution in [3.8, 4) is 11.5 Å². The third-order valence-corrected chi connectivity index (χ3v) is 3.62. The van der Waals surface area contributed by atoms with Crippen molar-refractivity contribution in [1.82, 2.24) is 0 Å². The lowest BCUT2D eigenvalue weighted by molar-refractivity contribution is -0.274. The first-order chi connectivity index (χ1) is 11.5. The zero-order valence-electron chi connectivity index (χ0n) is 12.9. The van der Waals surface area contributed by atoms with Crippen LogP contribution in [0.25, 0.3) is 0 Å². The molecule has 0 spiro atoms. The Morgan fingerprint density at radius 3 is 2.67 bits per heavy atom. The molecule has 0 aromatic heterocycles. The molecule has 0 amide bonds. The monoisotopic (exact) mass is 336 g/mol. The SMILES string of the molecule is FC(F)(F)Oc1ccc(OCC2CC2)c(CNc2[c]cccc2)c1. The van der Waals surface area contributed by atoms with E-state index in [1.165, 1.54) is 18.2 Å². The number of benzene rings is 2. The van der Waals surface area contributed by atoms with Crippen molar-refractivity contribution in [2.75, 3.05) is 11.9 Å². The third kappa shape index (κ3) is 5.08. The van der Waals surface area contributed by atoms with E-state index in [1.807, 2.05) is 18.2 Å². The molecule has 1 N–H and O–H groups in total. The standard InChI is InChI=1S/C18H17F3NO2/c19-18(20,21)24-16-8-9-17(23-12-13-6-7-13)14(10-16)11-22-15-4-2-1-3-5-15/h1-4,8-10,13,22H,6-7,11-12H2. The van der Waals surface area contributed by atoms with Gasteiger partial charge >= 0.3 is 6.36 Å². The first kappa shape index (κ1) is 16.5. The Bertz CT molecular complexity index is 670. The summed E-state index contributed by atoms with van der Waals surface area (Å²) in [5, 5.41) is 3.12. The summed E-state index contributed by atoms with van der Waals surface area (Å²) in [6.45, 7) is 0.902. The average Bonchev–Trinajstić information content (AvgIpc) is 3.36. The van der Waals surface area contributed by atoms with Gasteiger partial charge in [-0.15, -0.1) is 13.2 Å². The van der Waals surface area contributed by atoms with Crippen LogP contribution in [-0.4, -0.2) is 13.0 Å². The molecular formula is C18H17F3NO2. The Hall–Kier alpha value is -2.37. The first-order valence-corrected chi connectivity index (χ1v) is 7.72. The molecule has 0 aliphatic heterocycles. The van der Waals surface area contributed by atoms with E-state index in [1.54, 1.807) is 6.07 Å². The van der Waals surface area contributed by atoms with Gasteiger partial charge in [0, 0.05) is 23.9 Å². The maximum absolute atomic E-state index is 12.4. The number of para-hydroxylation sites is 1. The van der Waals surface area contributed by atoms with Gasteiger partial charge in [0.15, 0.2) is 0 Å². The van der Waals surface area contributed by atoms with Gasteiger partial charge in [-0.2, -0.15) is 0 Å². The van der Waals surface area contributed by atoms with Crippen molar-refractivity contribution in [2.24, 2.45) is 5.92 Å². The fourth-order valence-electron chi connectivity index (χ4n) is 2.22. The molecule has 0 atom stereocenters. The second kappa shape index (κ2) is 7.03. The zero-order chi connectivity index (χ0) is 17.0. The number of hydrogen-bond donors (Lipinski definition) is 1. The van der Waals surface area contributed by atoms with Crippen molar-refractivity contribution in [2.45, 2.75) is 25.7 Å². The minimum absolute atomic E-state index is 0.255. The van der Waals surface area contributed by atoms with Crippen molar-refractivity contribution in [1.29, 1.82) is 0 Å². The lowest BCUT2D eigenvalue weighted by atomic mass is 10.1. The van der Waals surface area contributed by atoms with E-state index < -0.39 is 6.36 Å². The molecule has 1 saturated carbocycles. The summed E-state index contributed by atoms with van der Waals surface area (Å²) >= 11 is 0. The molecule has 0 heterocycles. The van der Waals surface area contributed by atoms with Crippen LogP contribution >= 0.6 is 0 Å². The zero-order valence-corrected chi connectivity index (χ0v) is 12.9. The first-order valence-electron chi connectivity index (χ1n) is 7.72. The number of ether oxygens (including phenoxy) is 2. The molecule has 3 nitrogen and oxygen atoms in total. The van der Waals surface area contributed by atoms with Crippen molar-refractivity contribution < 1.29 is 22.6 Å². The Kier molecular flexibility index (Phi) is 4.83. The molecule has 6 heteroatoms. The van der Waals surface area contributed by atoms with E-state index in [2.05, 4.69) is 16.1 Å². The van der Waals surface area contributed by atoms with Crippen molar-refractivity contribution in [3.63, 3.8) is 0 Å². The highest BCUT2D eigenvalue weighted by Gasteiger charge is 2.31. The Morgan fingerprint density at radius 1 is 1.17 bits per heavy atom. The highest BCUT2D eigenvalue weighted by molar-refractivity contribution is 5.46. The van der Waals surface area contributed by atoms with E-state index >= 15 is 0 Å². The predicted octanol–water partition coefficient (Wildman–Crippen LogP) is 4.79. The number of rotatable bonds is 7. The summed E-state index contributed by atoms with van der Waals surface area (Å²) in [6, 6.07) is 14.4. The van der Waals surface area contributed by atoms with Crippen LogP contribution in [-0.2, 0) is 6.54 Å². The summed E-state index contributed by atoms with van der Waals surface area (Å²) in [7, 11) is 0. The van der Waals surface area contributed by atoms with Gasteiger partial charge in [-0.3, -0.25) is 0 Å². The fourth-order valence-corrected chi connectivity index (χ4v) is 2.22. The van der Waals surface area contributed by atoms with Crippen molar-refractivity contribution >= 4 is 5.69 Å². The highest BCUT2D eigenvalue weighted by Crippen LogP contribution is 2.32. The summed E-state index contributed by atoms with van der Waals surface area (Å²) in [6.07, 6.45) is -2.43. The van der Waals surface area contributed by atoms with E-state index in [9.17, 15) is 13.2 Å². The number of halogens is 3. The molecule has 1 fully saturated rings. The Labute approximate surface area is 138 Å². The van der Waals surface area contributed by atoms with E-state index in [0.29, 0.717) is 30.4 Å². The summed E-state index contributed by atoms with van der Waals surface area (Å²) in [4.78, 5) is 0. The summed E-state index contributed by atoms with van der Waals surface area (Å²) in [5.74, 6) is 0.870. The highest BCUT2D eigenvalue weighted by atomic mass is 19.4. The third-order valence-electron chi connectivity index (χ3n) is 3.62. The van der Waals surface area contributed by atoms with E-state index in [0.717, 1.165) is 18.5 Å². The van der Waals surface area contributed by atoms with Crippen LogP contribution in [0.5, 0.6) is 11.5 Å². The van der Waals surface area contributed by atoms with Crippen LogP contribution < -0.4 is 14.8 Å². The minimum Gasteiger partial charge on any atom is -0.493 e. The Morgan fingerprint density at radius 2 is 2.00 bits per heavy atom. The van der Waals surface area contributed by atoms with E-state index in [-0.39, 0.29) is 5.75 Å². The molecule has 1 aliphatic carbocycles. The van der Waals surface area contributed by atoms with Crippen LogP contribution in [0.3, 0.4) is 0 Å². The average molecular weight is 336 g/mol. The summed E-state index contributed by atoms with van der Waals surface area (Å²) in [5.41, 5.74) is 1.36. The quantitative estimate of drug-likeness (QED) is 0.789. The van der Waals surface area contributed by atoms with Gasteiger partial charge in [-0.25, -0.2) is 0 Å². The molecule has 3 rings (SSSR count). The Balaban J connectivity index is 1.73. The second-order valence-corrected chi connectivity index (χ2v) is 5.70. The molecular weight excluding hydrogens is 319 g/mol. The van der Waals surface area contributed by atoms with Crippen LogP contribution in [0.2, 0.25) is 0 Å². The van der Waals surface area contributed by atoms with Gasteiger partial charge < -0.3 is 14.8 Å². The largest absolute Gasteiger partial charge is 0.573 e. The van der Waals surface area contributed by atoms with Gasteiger partial charge in [0.25, 0.3) is 0 Å². The summed E-state index contributed by atoms with van der Waals surface area (Å²) < 4.78 is 47.0. The molecule has 0 unspecified atom stereocenters. The maximum Gasteiger partial charge on any atom is 0.573 e. The van der Waals surface area contributed by atoms with Gasteiger partial charge in [0.2, 0.25) is 0 Å². The molecule has 24 heavy (non-hydrogen) atoms. The smallest absolute Gasteiger partial charge is 0.493 e. The number of anilines is 1. The number of alkyl halides is 3. The molecule has 0 saturated heterocycles. The van der Waals surface area contributed by atoms with Crippen LogP contribution in [0.4, 0.5) is 18.9 Å². The van der Waals surface area contributed by atoms with E-state index in [4.69, 9.17) is 4.74 Å². The van der Waals surface area contributed by atoms with Crippen LogP contribution in [0, 0.1) is 12.0 Å². The normalized spacial score (nSPS) is 14.3. The molecule has 2 aromatic rings. The van der Waals surface area contributed by atoms with Crippen LogP contribution in [0.15, 0.2) is 42.5 Å². The van der Waals surface area contributed by atoms with Gasteiger partial charge in [0.05, 0.1) is 6.61 Å². The topological polar surface area (TPSA) is 30.5 Å². The van der Waals surface area contributed by atoms with Crippen molar-refractivity contribution in [3.05, 3.63) is 54.1 Å². The second-order valence-electron chi connectivity index (χ2n) is 5.70. The molecule has 0 bridgehead atoms. The lowest BCUT2D eigenvalue weighted by Gasteiger charge is -2.15. The molecule has 1 radical (unpaired) electrons. The molecule has 2 aromatic carbocycles. The fraction of sp³-hybridized carbons (Fsp3) is 0.333. The van der Waals surface area contributed by atoms with Gasteiger partial charge in [0.1, 0.15) is 11.5 Å². The maximum atomic E-state index is 12.4. The molecule has 1 aliphatic rings. The van der Waals surface area contributed by atoms with Crippen LogP contribution in [0.1, 0.15) is 18.4 Å². The number of hydrogen-bond acceptors (Lipinski definition) is 3. The predicted molar refractivity (Wildman–Crippen MR) is 83.9 cm³/mol. The van der Waals surface area contributed by atoms with Gasteiger partial charge in [-0.1, -0.05) is 18.2 Å². The van der Waals surface area contributed by atoms with Gasteiger partial charge in [-0.05, 0) is 43.0 Å². The lowest BCUT2D eigenvalue weighted by Crippen LogP contribution is -2.17.